The molecule has 0 amide bonds. The van der Waals surface area contributed by atoms with Gasteiger partial charge in [0.05, 0.1) is 0 Å². The van der Waals surface area contributed by atoms with Crippen LogP contribution in [0.4, 0.5) is 0 Å². The molecule has 0 nitrogen and oxygen atoms in total. The van der Waals surface area contributed by atoms with Crippen LogP contribution < -0.4 is 0 Å². The molecule has 0 aliphatic carbocycles. The molecule has 1 rings (SSSR count). The second-order valence-electron chi connectivity index (χ2n) is 1.13. The van der Waals surface area contributed by atoms with Gasteiger partial charge in [-0.05, 0) is 17.6 Å². The van der Waals surface area contributed by atoms with Gasteiger partial charge < -0.3 is 0 Å². The quantitative estimate of drug-likeness (QED) is 0.444. The van der Waals surface area contributed by atoms with Crippen LogP contribution in [0.3, 0.4) is 0 Å². The van der Waals surface area contributed by atoms with Crippen LogP contribution in [0.5, 0.6) is 0 Å². The summed E-state index contributed by atoms with van der Waals surface area (Å²) in [7, 11) is 0. The van der Waals surface area contributed by atoms with Gasteiger partial charge in [0.25, 0.3) is 0 Å². The Bertz CT molecular complexity index is 49.0. The Labute approximate surface area is 42.6 Å². The molecule has 1 heterocycles. The molecule has 0 aromatic heterocycles. The zero-order chi connectivity index (χ0) is 4.24. The first-order valence-electron chi connectivity index (χ1n) is 2.00. The fourth-order valence-corrected chi connectivity index (χ4v) is 0.930. The van der Waals surface area contributed by atoms with Crippen molar-refractivity contribution in [1.29, 1.82) is 0 Å². The number of hydrogen-bond donors (Lipinski definition) is 0. The minimum atomic E-state index is 1.13. The van der Waals surface area contributed by atoms with Crippen LogP contribution in [0.15, 0.2) is 11.5 Å². The summed E-state index contributed by atoms with van der Waals surface area (Å²) in [5.74, 6) is 1.22. The molecule has 0 N–H and O–H groups in total. The van der Waals surface area contributed by atoms with Gasteiger partial charge in [-0.2, -0.15) is 0 Å². The van der Waals surface area contributed by atoms with Crippen molar-refractivity contribution in [3.63, 3.8) is 0 Å². The van der Waals surface area contributed by atoms with E-state index in [0.29, 0.717) is 0 Å². The molecule has 0 saturated heterocycles. The number of rotatable bonds is 0. The second-order valence-corrected chi connectivity index (χ2v) is 2.14. The molecule has 1 heteroatoms. The zero-order valence-corrected chi connectivity index (χ0v) is 4.29. The molecule has 0 unspecified atom stereocenters. The predicted octanol–water partition coefficient (Wildman–Crippen LogP) is 1.72. The van der Waals surface area contributed by atoms with Crippen LogP contribution >= 0.6 is 11.8 Å². The van der Waals surface area contributed by atoms with E-state index in [1.54, 1.807) is 0 Å². The molecule has 0 spiro atoms. The van der Waals surface area contributed by atoms with E-state index in [1.165, 1.54) is 5.75 Å². The molecule has 0 aromatic rings. The molecule has 0 aromatic carbocycles. The lowest BCUT2D eigenvalue weighted by Gasteiger charge is -1.96. The minimum absolute atomic E-state index is 1.13. The fraction of sp³-hybridized carbons (Fsp3) is 0.400. The highest BCUT2D eigenvalue weighted by molar-refractivity contribution is 8.02. The van der Waals surface area contributed by atoms with Crippen molar-refractivity contribution >= 4 is 11.8 Å². The van der Waals surface area contributed by atoms with Gasteiger partial charge in [-0.15, -0.1) is 11.8 Å². The van der Waals surface area contributed by atoms with Crippen LogP contribution in [-0.2, 0) is 0 Å². The maximum Gasteiger partial charge on any atom is 0.00981 e. The van der Waals surface area contributed by atoms with Crippen LogP contribution in [0.1, 0.15) is 6.42 Å². The first-order valence-corrected chi connectivity index (χ1v) is 3.05. The third-order valence-electron chi connectivity index (χ3n) is 0.646. The number of allylic oxidation sites excluding steroid dienone is 1. The lowest BCUT2D eigenvalue weighted by molar-refractivity contribution is 1.16. The Morgan fingerprint density at radius 3 is 2.83 bits per heavy atom. The van der Waals surface area contributed by atoms with Crippen LogP contribution in [0.2, 0.25) is 0 Å². The van der Waals surface area contributed by atoms with E-state index >= 15 is 0 Å². The Morgan fingerprint density at radius 2 is 2.67 bits per heavy atom. The van der Waals surface area contributed by atoms with Crippen molar-refractivity contribution in [2.75, 3.05) is 5.75 Å². The van der Waals surface area contributed by atoms with E-state index < -0.39 is 0 Å². The highest BCUT2D eigenvalue weighted by Crippen LogP contribution is 2.11. The van der Waals surface area contributed by atoms with Gasteiger partial charge in [0, 0.05) is 6.42 Å². The Balaban J connectivity index is 2.26. The maximum absolute atomic E-state index is 3.08. The van der Waals surface area contributed by atoms with Crippen molar-refractivity contribution in [1.82, 2.24) is 0 Å². The Hall–Kier alpha value is 0.0900. The van der Waals surface area contributed by atoms with Crippen LogP contribution in [-0.4, -0.2) is 5.75 Å². The van der Waals surface area contributed by atoms with Gasteiger partial charge in [-0.1, -0.05) is 6.08 Å². The zero-order valence-electron chi connectivity index (χ0n) is 3.48. The highest BCUT2D eigenvalue weighted by atomic mass is 32.2. The molecule has 2 radical (unpaired) electrons. The van der Waals surface area contributed by atoms with E-state index in [2.05, 4.69) is 11.8 Å². The fourth-order valence-electron chi connectivity index (χ4n) is 0.365. The molecular weight excluding hydrogens is 92.1 g/mol. The SMILES string of the molecule is [C]1C=CSCC1. The lowest BCUT2D eigenvalue weighted by Crippen LogP contribution is -1.79. The first kappa shape index (κ1) is 4.25. The van der Waals surface area contributed by atoms with Gasteiger partial charge in [-0.3, -0.25) is 0 Å². The van der Waals surface area contributed by atoms with E-state index in [1.807, 2.05) is 17.8 Å². The topological polar surface area (TPSA) is 0 Å². The molecule has 1 aliphatic rings. The summed E-state index contributed by atoms with van der Waals surface area (Å²) in [4.78, 5) is 0. The summed E-state index contributed by atoms with van der Waals surface area (Å²) < 4.78 is 0. The summed E-state index contributed by atoms with van der Waals surface area (Å²) in [6.45, 7) is 0. The average molecular weight is 98.2 g/mol. The van der Waals surface area contributed by atoms with Gasteiger partial charge in [0.1, 0.15) is 0 Å². The Kier molecular flexibility index (Phi) is 1.63. The van der Waals surface area contributed by atoms with E-state index in [9.17, 15) is 0 Å². The lowest BCUT2D eigenvalue weighted by atomic mass is 10.3. The molecule has 6 heavy (non-hydrogen) atoms. The van der Waals surface area contributed by atoms with E-state index in [4.69, 9.17) is 0 Å². The molecule has 0 atom stereocenters. The monoisotopic (exact) mass is 98.0 g/mol. The second kappa shape index (κ2) is 2.30. The van der Waals surface area contributed by atoms with Crippen molar-refractivity contribution in [3.05, 3.63) is 17.9 Å². The summed E-state index contributed by atoms with van der Waals surface area (Å²) in [5.41, 5.74) is 0. The summed E-state index contributed by atoms with van der Waals surface area (Å²) in [6, 6.07) is 0. The van der Waals surface area contributed by atoms with Gasteiger partial charge >= 0.3 is 0 Å². The maximum atomic E-state index is 3.08. The van der Waals surface area contributed by atoms with Gasteiger partial charge in [-0.25, -0.2) is 0 Å². The van der Waals surface area contributed by atoms with Gasteiger partial charge in [0.2, 0.25) is 0 Å². The Morgan fingerprint density at radius 1 is 1.67 bits per heavy atom. The third kappa shape index (κ3) is 1.05. The van der Waals surface area contributed by atoms with E-state index in [0.717, 1.165) is 6.42 Å². The molecule has 32 valence electrons. The summed E-state index contributed by atoms with van der Waals surface area (Å²) >= 11 is 1.85. The molecule has 1 aliphatic heterocycles. The molecule has 0 fully saturated rings. The van der Waals surface area contributed by atoms with Crippen molar-refractivity contribution in [2.45, 2.75) is 6.42 Å². The summed E-state index contributed by atoms with van der Waals surface area (Å²) in [5, 5.41) is 2.07. The summed E-state index contributed by atoms with van der Waals surface area (Å²) in [6.07, 6.45) is 6.19. The number of hydrogen-bond acceptors (Lipinski definition) is 1. The van der Waals surface area contributed by atoms with Crippen LogP contribution in [0, 0.1) is 6.42 Å². The third-order valence-corrected chi connectivity index (χ3v) is 1.41. The highest BCUT2D eigenvalue weighted by Gasteiger charge is 1.88. The first-order chi connectivity index (χ1) is 3.00. The van der Waals surface area contributed by atoms with Crippen LogP contribution in [0.25, 0.3) is 0 Å². The molecule has 0 bridgehead atoms. The largest absolute Gasteiger partial charge is 0.134 e. The average Bonchev–Trinajstić information content (AvgIpc) is 1.72. The van der Waals surface area contributed by atoms with Crippen molar-refractivity contribution in [3.8, 4) is 0 Å². The smallest absolute Gasteiger partial charge is 0.00981 e. The standard InChI is InChI=1S/C5H6S/c1-2-4-6-5-3-1/h2,4H,3,5H2. The normalized spacial score (nSPS) is 21.3. The molecule has 0 saturated carbocycles. The van der Waals surface area contributed by atoms with Crippen molar-refractivity contribution in [2.24, 2.45) is 0 Å². The van der Waals surface area contributed by atoms with Crippen molar-refractivity contribution < 1.29 is 0 Å². The molecular formula is C5H6S. The van der Waals surface area contributed by atoms with Gasteiger partial charge in [0.15, 0.2) is 0 Å². The predicted molar refractivity (Wildman–Crippen MR) is 29.5 cm³/mol. The van der Waals surface area contributed by atoms with E-state index in [-0.39, 0.29) is 0 Å². The minimum Gasteiger partial charge on any atom is -0.134 e. The number of thioether (sulfide) groups is 1.